The molecule has 2 aromatic rings. The van der Waals surface area contributed by atoms with E-state index in [4.69, 9.17) is 9.47 Å². The molecule has 0 saturated carbocycles. The van der Waals surface area contributed by atoms with Crippen LogP contribution in [0.2, 0.25) is 0 Å². The highest BCUT2D eigenvalue weighted by Crippen LogP contribution is 2.39. The van der Waals surface area contributed by atoms with Gasteiger partial charge in [-0.25, -0.2) is 0 Å². The van der Waals surface area contributed by atoms with Gasteiger partial charge in [0.1, 0.15) is 11.5 Å². The van der Waals surface area contributed by atoms with E-state index < -0.39 is 0 Å². The van der Waals surface area contributed by atoms with Crippen LogP contribution in [-0.4, -0.2) is 19.5 Å². The number of ether oxygens (including phenoxy) is 2. The van der Waals surface area contributed by atoms with Crippen molar-refractivity contribution < 1.29 is 14.3 Å². The molecule has 1 aliphatic carbocycles. The van der Waals surface area contributed by atoms with E-state index in [1.807, 2.05) is 30.3 Å². The van der Waals surface area contributed by atoms with Crippen LogP contribution >= 0.6 is 0 Å². The van der Waals surface area contributed by atoms with E-state index in [1.165, 1.54) is 6.42 Å². The first-order valence-electron chi connectivity index (χ1n) is 7.74. The summed E-state index contributed by atoms with van der Waals surface area (Å²) in [5.41, 5.74) is 3.37. The molecule has 0 atom stereocenters. The highest BCUT2D eigenvalue weighted by molar-refractivity contribution is 6.22. The molecule has 0 amide bonds. The van der Waals surface area contributed by atoms with Crippen LogP contribution in [-0.2, 0) is 0 Å². The van der Waals surface area contributed by atoms with Crippen molar-refractivity contribution in [1.82, 2.24) is 0 Å². The molecule has 114 valence electrons. The van der Waals surface area contributed by atoms with Gasteiger partial charge in [0.25, 0.3) is 0 Å². The molecule has 3 heteroatoms. The maximum absolute atomic E-state index is 12.6. The highest BCUT2D eigenvalue weighted by atomic mass is 16.5. The summed E-state index contributed by atoms with van der Waals surface area (Å²) in [4.78, 5) is 12.6. The number of hydrogen-bond acceptors (Lipinski definition) is 3. The minimum absolute atomic E-state index is 0.0444. The normalized spacial score (nSPS) is 12.0. The summed E-state index contributed by atoms with van der Waals surface area (Å²) in [6, 6.07) is 11.4. The molecule has 0 aromatic heterocycles. The zero-order chi connectivity index (χ0) is 15.5. The topological polar surface area (TPSA) is 35.5 Å². The predicted octanol–water partition coefficient (Wildman–Crippen LogP) is 4.48. The van der Waals surface area contributed by atoms with E-state index in [1.54, 1.807) is 13.2 Å². The van der Waals surface area contributed by atoms with Crippen LogP contribution in [0.15, 0.2) is 36.4 Å². The van der Waals surface area contributed by atoms with Crippen LogP contribution in [0.3, 0.4) is 0 Å². The van der Waals surface area contributed by atoms with E-state index in [2.05, 4.69) is 6.92 Å². The smallest absolute Gasteiger partial charge is 0.194 e. The number of fused-ring (bicyclic) bond motifs is 3. The van der Waals surface area contributed by atoms with Crippen LogP contribution in [0, 0.1) is 0 Å². The number of benzene rings is 2. The number of ketones is 1. The summed E-state index contributed by atoms with van der Waals surface area (Å²) in [6.07, 6.45) is 3.37. The molecular formula is C19H20O3. The molecular weight excluding hydrogens is 276 g/mol. The Morgan fingerprint density at radius 3 is 2.14 bits per heavy atom. The third-order valence-corrected chi connectivity index (χ3v) is 4.01. The monoisotopic (exact) mass is 296 g/mol. The lowest BCUT2D eigenvalue weighted by Gasteiger charge is -2.07. The van der Waals surface area contributed by atoms with Gasteiger partial charge in [-0.2, -0.15) is 0 Å². The molecule has 1 aliphatic rings. The van der Waals surface area contributed by atoms with Crippen LogP contribution in [0.4, 0.5) is 0 Å². The molecule has 0 N–H and O–H groups in total. The van der Waals surface area contributed by atoms with Crippen molar-refractivity contribution in [2.45, 2.75) is 26.2 Å². The van der Waals surface area contributed by atoms with Gasteiger partial charge in [-0.05, 0) is 53.9 Å². The molecule has 0 fully saturated rings. The predicted molar refractivity (Wildman–Crippen MR) is 86.9 cm³/mol. The first-order valence-corrected chi connectivity index (χ1v) is 7.74. The summed E-state index contributed by atoms with van der Waals surface area (Å²) in [7, 11) is 1.61. The van der Waals surface area contributed by atoms with Crippen LogP contribution < -0.4 is 9.47 Å². The standard InChI is InChI=1S/C19H20O3/c1-3-4-5-10-22-14-7-9-16-15-8-6-13(21-2)11-17(15)19(20)18(16)12-14/h6-9,11-12H,3-5,10H2,1-2H3. The number of unbranched alkanes of at least 4 members (excludes halogenated alkanes) is 2. The average molecular weight is 296 g/mol. The molecule has 0 aliphatic heterocycles. The Morgan fingerprint density at radius 1 is 0.864 bits per heavy atom. The number of methoxy groups -OCH3 is 1. The summed E-state index contributed by atoms with van der Waals surface area (Å²) < 4.78 is 11.0. The van der Waals surface area contributed by atoms with Crippen molar-refractivity contribution in [2.75, 3.05) is 13.7 Å². The molecule has 22 heavy (non-hydrogen) atoms. The molecule has 2 aromatic carbocycles. The fraction of sp³-hybridized carbons (Fsp3) is 0.316. The Labute approximate surface area is 130 Å². The summed E-state index contributed by atoms with van der Waals surface area (Å²) in [6.45, 7) is 2.86. The fourth-order valence-electron chi connectivity index (χ4n) is 2.80. The molecule has 0 bridgehead atoms. The lowest BCUT2D eigenvalue weighted by Crippen LogP contribution is -1.99. The Bertz CT molecular complexity index is 704. The van der Waals surface area contributed by atoms with Crippen molar-refractivity contribution in [3.63, 3.8) is 0 Å². The zero-order valence-electron chi connectivity index (χ0n) is 13.0. The highest BCUT2D eigenvalue weighted by Gasteiger charge is 2.27. The zero-order valence-corrected chi connectivity index (χ0v) is 13.0. The van der Waals surface area contributed by atoms with E-state index in [9.17, 15) is 4.79 Å². The third-order valence-electron chi connectivity index (χ3n) is 4.01. The Morgan fingerprint density at radius 2 is 1.50 bits per heavy atom. The molecule has 0 saturated heterocycles. The van der Waals surface area contributed by atoms with E-state index in [0.717, 1.165) is 35.3 Å². The fourth-order valence-corrected chi connectivity index (χ4v) is 2.80. The maximum Gasteiger partial charge on any atom is 0.194 e. The second-order valence-electron chi connectivity index (χ2n) is 5.50. The molecule has 3 nitrogen and oxygen atoms in total. The average Bonchev–Trinajstić information content (AvgIpc) is 2.84. The Balaban J connectivity index is 1.85. The minimum atomic E-state index is 0.0444. The van der Waals surface area contributed by atoms with Gasteiger partial charge in [-0.3, -0.25) is 4.79 Å². The quantitative estimate of drug-likeness (QED) is 0.629. The van der Waals surface area contributed by atoms with Crippen molar-refractivity contribution in [3.05, 3.63) is 47.5 Å². The van der Waals surface area contributed by atoms with E-state index in [0.29, 0.717) is 17.9 Å². The van der Waals surface area contributed by atoms with Gasteiger partial charge < -0.3 is 9.47 Å². The van der Waals surface area contributed by atoms with Gasteiger partial charge in [0.15, 0.2) is 5.78 Å². The summed E-state index contributed by atoms with van der Waals surface area (Å²) in [5.74, 6) is 1.52. The molecule has 3 rings (SSSR count). The Kier molecular flexibility index (Phi) is 4.14. The number of rotatable bonds is 6. The lowest BCUT2D eigenvalue weighted by molar-refractivity contribution is 0.104. The van der Waals surface area contributed by atoms with Gasteiger partial charge in [-0.1, -0.05) is 19.8 Å². The van der Waals surface area contributed by atoms with Crippen molar-refractivity contribution in [1.29, 1.82) is 0 Å². The SMILES string of the molecule is CCCCCOc1ccc2c(c1)C(=O)c1cc(OC)ccc1-2. The van der Waals surface area contributed by atoms with Crippen molar-refractivity contribution in [3.8, 4) is 22.6 Å². The van der Waals surface area contributed by atoms with Gasteiger partial charge in [-0.15, -0.1) is 0 Å². The van der Waals surface area contributed by atoms with E-state index in [-0.39, 0.29) is 5.78 Å². The first-order chi connectivity index (χ1) is 10.7. The minimum Gasteiger partial charge on any atom is -0.497 e. The first kappa shape index (κ1) is 14.6. The van der Waals surface area contributed by atoms with Crippen LogP contribution in [0.25, 0.3) is 11.1 Å². The molecule has 0 spiro atoms. The summed E-state index contributed by atoms with van der Waals surface area (Å²) >= 11 is 0. The van der Waals surface area contributed by atoms with Crippen LogP contribution in [0.1, 0.15) is 42.1 Å². The molecule has 0 heterocycles. The van der Waals surface area contributed by atoms with Crippen molar-refractivity contribution >= 4 is 5.78 Å². The van der Waals surface area contributed by atoms with Gasteiger partial charge >= 0.3 is 0 Å². The second kappa shape index (κ2) is 6.22. The van der Waals surface area contributed by atoms with Gasteiger partial charge in [0, 0.05) is 11.1 Å². The maximum atomic E-state index is 12.6. The number of carbonyl (C=O) groups is 1. The van der Waals surface area contributed by atoms with Gasteiger partial charge in [0.05, 0.1) is 13.7 Å². The third kappa shape index (κ3) is 2.59. The summed E-state index contributed by atoms with van der Waals surface area (Å²) in [5, 5.41) is 0. The largest absolute Gasteiger partial charge is 0.497 e. The number of hydrogen-bond donors (Lipinski definition) is 0. The van der Waals surface area contributed by atoms with Crippen molar-refractivity contribution in [2.24, 2.45) is 0 Å². The Hall–Kier alpha value is -2.29. The van der Waals surface area contributed by atoms with Gasteiger partial charge in [0.2, 0.25) is 0 Å². The molecule has 0 unspecified atom stereocenters. The second-order valence-corrected chi connectivity index (χ2v) is 5.50. The lowest BCUT2D eigenvalue weighted by atomic mass is 10.1. The van der Waals surface area contributed by atoms with Crippen LogP contribution in [0.5, 0.6) is 11.5 Å². The van der Waals surface area contributed by atoms with E-state index >= 15 is 0 Å². The number of carbonyl (C=O) groups excluding carboxylic acids is 1. The molecule has 0 radical (unpaired) electrons.